The molecule has 4 nitrogen and oxygen atoms in total. The van der Waals surface area contributed by atoms with Gasteiger partial charge in [-0.15, -0.1) is 0 Å². The number of thioether (sulfide) groups is 1. The van der Waals surface area contributed by atoms with E-state index in [4.69, 9.17) is 4.74 Å². The van der Waals surface area contributed by atoms with Crippen LogP contribution in [0.2, 0.25) is 0 Å². The van der Waals surface area contributed by atoms with E-state index in [0.717, 1.165) is 29.6 Å². The maximum absolute atomic E-state index is 4.94. The van der Waals surface area contributed by atoms with Crippen molar-refractivity contribution in [1.29, 1.82) is 0 Å². The quantitative estimate of drug-likeness (QED) is 0.433. The van der Waals surface area contributed by atoms with Gasteiger partial charge in [-0.25, -0.2) is 9.97 Å². The smallest absolute Gasteiger partial charge is 0.187 e. The fourth-order valence-corrected chi connectivity index (χ4v) is 1.62. The van der Waals surface area contributed by atoms with E-state index >= 15 is 0 Å². The van der Waals surface area contributed by atoms with E-state index in [0.29, 0.717) is 0 Å². The average Bonchev–Trinajstić information content (AvgIpc) is 2.21. The molecule has 0 saturated heterocycles. The van der Waals surface area contributed by atoms with E-state index in [1.54, 1.807) is 18.9 Å². The monoisotopic (exact) mass is 213 g/mol. The lowest BCUT2D eigenvalue weighted by molar-refractivity contribution is 0.218. The second-order valence-corrected chi connectivity index (χ2v) is 3.81. The summed E-state index contributed by atoms with van der Waals surface area (Å²) in [5, 5.41) is 3.86. The van der Waals surface area contributed by atoms with Crippen LogP contribution < -0.4 is 5.32 Å². The maximum atomic E-state index is 4.94. The van der Waals surface area contributed by atoms with Crippen LogP contribution in [0.3, 0.4) is 0 Å². The van der Waals surface area contributed by atoms with Gasteiger partial charge < -0.3 is 10.1 Å². The molecule has 1 aromatic rings. The Morgan fingerprint density at radius 2 is 2.14 bits per heavy atom. The molecule has 5 heteroatoms. The minimum Gasteiger partial charge on any atom is -0.384 e. The highest BCUT2D eigenvalue weighted by molar-refractivity contribution is 7.99. The van der Waals surface area contributed by atoms with Crippen molar-refractivity contribution < 1.29 is 4.74 Å². The summed E-state index contributed by atoms with van der Waals surface area (Å²) in [5.74, 6) is 0.891. The summed E-state index contributed by atoms with van der Waals surface area (Å²) >= 11 is 1.60. The number of rotatable bonds is 6. The van der Waals surface area contributed by atoms with Gasteiger partial charge in [-0.05, 0) is 7.05 Å². The van der Waals surface area contributed by atoms with Crippen LogP contribution in [0.25, 0.3) is 0 Å². The topological polar surface area (TPSA) is 47.0 Å². The number of hydrogen-bond acceptors (Lipinski definition) is 5. The van der Waals surface area contributed by atoms with Gasteiger partial charge in [-0.2, -0.15) is 0 Å². The van der Waals surface area contributed by atoms with Gasteiger partial charge in [-0.1, -0.05) is 11.8 Å². The van der Waals surface area contributed by atoms with E-state index in [1.165, 1.54) is 0 Å². The van der Waals surface area contributed by atoms with Crippen molar-refractivity contribution in [2.75, 3.05) is 26.5 Å². The Morgan fingerprint density at radius 3 is 2.71 bits per heavy atom. The first kappa shape index (κ1) is 11.4. The molecule has 0 bridgehead atoms. The van der Waals surface area contributed by atoms with Crippen molar-refractivity contribution in [2.45, 2.75) is 11.7 Å². The summed E-state index contributed by atoms with van der Waals surface area (Å²) in [6.45, 7) is 1.54. The molecule has 0 aliphatic rings. The van der Waals surface area contributed by atoms with Crippen molar-refractivity contribution in [3.8, 4) is 0 Å². The molecule has 0 unspecified atom stereocenters. The van der Waals surface area contributed by atoms with Gasteiger partial charge in [0, 0.05) is 37.4 Å². The van der Waals surface area contributed by atoms with Gasteiger partial charge in [0.1, 0.15) is 0 Å². The van der Waals surface area contributed by atoms with Crippen molar-refractivity contribution in [2.24, 2.45) is 0 Å². The Bertz CT molecular complexity index is 253. The van der Waals surface area contributed by atoms with Crippen molar-refractivity contribution in [3.63, 3.8) is 0 Å². The van der Waals surface area contributed by atoms with Gasteiger partial charge in [0.05, 0.1) is 6.61 Å². The fraction of sp³-hybridized carbons (Fsp3) is 0.556. The van der Waals surface area contributed by atoms with Crippen LogP contribution in [0.4, 0.5) is 0 Å². The molecule has 0 saturated carbocycles. The van der Waals surface area contributed by atoms with Crippen molar-refractivity contribution in [3.05, 3.63) is 18.0 Å². The van der Waals surface area contributed by atoms with Crippen LogP contribution >= 0.6 is 11.8 Å². The molecule has 0 aliphatic heterocycles. The molecule has 1 aromatic heterocycles. The van der Waals surface area contributed by atoms with E-state index in [1.807, 2.05) is 19.4 Å². The Labute approximate surface area is 88.5 Å². The molecule has 1 N–H and O–H groups in total. The number of nitrogens with zero attached hydrogens (tertiary/aromatic N) is 2. The summed E-state index contributed by atoms with van der Waals surface area (Å²) < 4.78 is 4.94. The van der Waals surface area contributed by atoms with E-state index in [9.17, 15) is 0 Å². The summed E-state index contributed by atoms with van der Waals surface area (Å²) in [6, 6.07) is 0. The minimum atomic E-state index is 0.728. The minimum absolute atomic E-state index is 0.728. The molecular formula is C9H15N3OS. The molecule has 0 atom stereocenters. The highest BCUT2D eigenvalue weighted by Crippen LogP contribution is 2.11. The normalized spacial score (nSPS) is 10.4. The molecule has 0 aromatic carbocycles. The Balaban J connectivity index is 2.38. The van der Waals surface area contributed by atoms with Crippen molar-refractivity contribution >= 4 is 11.8 Å². The number of nitrogens with one attached hydrogen (secondary N) is 1. The molecule has 1 rings (SSSR count). The van der Waals surface area contributed by atoms with Crippen LogP contribution in [0, 0.1) is 0 Å². The third-order valence-electron chi connectivity index (χ3n) is 1.58. The maximum Gasteiger partial charge on any atom is 0.187 e. The SMILES string of the molecule is CNCc1cnc(SCCOC)nc1. The lowest BCUT2D eigenvalue weighted by Crippen LogP contribution is -2.06. The third kappa shape index (κ3) is 4.04. The highest BCUT2D eigenvalue weighted by atomic mass is 32.2. The van der Waals surface area contributed by atoms with E-state index in [-0.39, 0.29) is 0 Å². The first-order valence-corrected chi connectivity index (χ1v) is 5.42. The Morgan fingerprint density at radius 1 is 1.43 bits per heavy atom. The van der Waals surface area contributed by atoms with Crippen LogP contribution in [0.1, 0.15) is 5.56 Å². The third-order valence-corrected chi connectivity index (χ3v) is 2.42. The van der Waals surface area contributed by atoms with E-state index < -0.39 is 0 Å². The molecular weight excluding hydrogens is 198 g/mol. The lowest BCUT2D eigenvalue weighted by atomic mass is 10.3. The predicted octanol–water partition coefficient (Wildman–Crippen LogP) is 0.934. The molecule has 1 heterocycles. The Kier molecular flexibility index (Phi) is 5.51. The predicted molar refractivity (Wildman–Crippen MR) is 57.4 cm³/mol. The van der Waals surface area contributed by atoms with E-state index in [2.05, 4.69) is 15.3 Å². The highest BCUT2D eigenvalue weighted by Gasteiger charge is 1.97. The van der Waals surface area contributed by atoms with Gasteiger partial charge >= 0.3 is 0 Å². The fourth-order valence-electron chi connectivity index (χ4n) is 0.929. The second-order valence-electron chi connectivity index (χ2n) is 2.75. The van der Waals surface area contributed by atoms with Gasteiger partial charge in [0.25, 0.3) is 0 Å². The number of methoxy groups -OCH3 is 1. The standard InChI is InChI=1S/C9H15N3OS/c1-10-5-8-6-11-9(12-7-8)14-4-3-13-2/h6-7,10H,3-5H2,1-2H3. The molecule has 0 radical (unpaired) electrons. The number of ether oxygens (including phenoxy) is 1. The molecule has 0 amide bonds. The zero-order valence-electron chi connectivity index (χ0n) is 8.49. The van der Waals surface area contributed by atoms with Gasteiger partial charge in [0.2, 0.25) is 0 Å². The second kappa shape index (κ2) is 6.75. The summed E-state index contributed by atoms with van der Waals surface area (Å²) in [6.07, 6.45) is 3.69. The lowest BCUT2D eigenvalue weighted by Gasteiger charge is -2.01. The number of aromatic nitrogens is 2. The van der Waals surface area contributed by atoms with Crippen LogP contribution in [0.15, 0.2) is 17.6 Å². The summed E-state index contributed by atoms with van der Waals surface area (Å²) in [4.78, 5) is 8.45. The van der Waals surface area contributed by atoms with Crippen molar-refractivity contribution in [1.82, 2.24) is 15.3 Å². The molecule has 14 heavy (non-hydrogen) atoms. The zero-order valence-corrected chi connectivity index (χ0v) is 9.30. The molecule has 0 fully saturated rings. The largest absolute Gasteiger partial charge is 0.384 e. The van der Waals surface area contributed by atoms with Crippen LogP contribution in [-0.4, -0.2) is 36.5 Å². The molecule has 78 valence electrons. The molecule has 0 aliphatic carbocycles. The first-order valence-electron chi connectivity index (χ1n) is 4.44. The number of hydrogen-bond donors (Lipinski definition) is 1. The average molecular weight is 213 g/mol. The van der Waals surface area contributed by atoms with Crippen LogP contribution in [0.5, 0.6) is 0 Å². The molecule has 0 spiro atoms. The van der Waals surface area contributed by atoms with Gasteiger partial charge in [-0.3, -0.25) is 0 Å². The summed E-state index contributed by atoms with van der Waals surface area (Å²) in [7, 11) is 3.60. The van der Waals surface area contributed by atoms with Gasteiger partial charge in [0.15, 0.2) is 5.16 Å². The van der Waals surface area contributed by atoms with Crippen LogP contribution in [-0.2, 0) is 11.3 Å². The Hall–Kier alpha value is -0.650. The zero-order chi connectivity index (χ0) is 10.2. The summed E-state index contributed by atoms with van der Waals surface area (Å²) in [5.41, 5.74) is 1.10. The first-order chi connectivity index (χ1) is 6.86.